The average molecular weight is 227 g/mol. The van der Waals surface area contributed by atoms with Crippen LogP contribution in [-0.4, -0.2) is 6.61 Å². The van der Waals surface area contributed by atoms with Gasteiger partial charge in [-0.3, -0.25) is 0 Å². The fourth-order valence-corrected chi connectivity index (χ4v) is 2.08. The third-order valence-corrected chi connectivity index (χ3v) is 2.87. The third-order valence-electron chi connectivity index (χ3n) is 2.87. The highest BCUT2D eigenvalue weighted by Crippen LogP contribution is 2.35. The van der Waals surface area contributed by atoms with Crippen molar-refractivity contribution in [2.24, 2.45) is 5.90 Å². The first kappa shape index (κ1) is 11.8. The van der Waals surface area contributed by atoms with Crippen LogP contribution in [0, 0.1) is 0 Å². The smallest absolute Gasteiger partial charge is 0.0651 e. The zero-order chi connectivity index (χ0) is 12.1. The highest BCUT2D eigenvalue weighted by atomic mass is 16.6. The summed E-state index contributed by atoms with van der Waals surface area (Å²) in [5.74, 6) is 4.53. The molecule has 0 saturated heterocycles. The van der Waals surface area contributed by atoms with Gasteiger partial charge in [0.15, 0.2) is 0 Å². The molecule has 0 unspecified atom stereocenters. The highest BCUT2D eigenvalue weighted by Gasteiger charge is 2.15. The number of nitrogens with two attached hydrogens (primary N) is 1. The Hall–Kier alpha value is -1.64. The van der Waals surface area contributed by atoms with E-state index < -0.39 is 0 Å². The Labute approximate surface area is 102 Å². The molecule has 0 aromatic heterocycles. The molecule has 0 fully saturated rings. The van der Waals surface area contributed by atoms with Crippen LogP contribution in [0.5, 0.6) is 0 Å². The molecule has 88 valence electrons. The lowest BCUT2D eigenvalue weighted by Gasteiger charge is -1.98. The summed E-state index contributed by atoms with van der Waals surface area (Å²) < 4.78 is 0. The topological polar surface area (TPSA) is 35.2 Å². The Morgan fingerprint density at radius 3 is 1.76 bits per heavy atom. The van der Waals surface area contributed by atoms with Crippen LogP contribution >= 0.6 is 0 Å². The minimum atomic E-state index is 0.597. The van der Waals surface area contributed by atoms with Crippen molar-refractivity contribution < 1.29 is 4.84 Å². The summed E-state index contributed by atoms with van der Waals surface area (Å²) in [6.45, 7) is 2.43. The van der Waals surface area contributed by atoms with Gasteiger partial charge in [-0.05, 0) is 35.6 Å². The summed E-state index contributed by atoms with van der Waals surface area (Å²) in [7, 11) is 0. The number of benzene rings is 2. The lowest BCUT2D eigenvalue weighted by molar-refractivity contribution is 0.152. The van der Waals surface area contributed by atoms with Gasteiger partial charge in [-0.15, -0.1) is 0 Å². The molecular formula is C15H17NO. The van der Waals surface area contributed by atoms with E-state index in [1.165, 1.54) is 22.3 Å². The fourth-order valence-electron chi connectivity index (χ4n) is 2.08. The van der Waals surface area contributed by atoms with Crippen molar-refractivity contribution >= 4 is 0 Å². The third kappa shape index (κ3) is 2.54. The molecule has 1 aliphatic rings. The quantitative estimate of drug-likeness (QED) is 0.648. The molecule has 0 heterocycles. The molecule has 0 radical (unpaired) electrons. The van der Waals surface area contributed by atoms with Crippen LogP contribution in [0.1, 0.15) is 18.1 Å². The van der Waals surface area contributed by atoms with E-state index in [2.05, 4.69) is 59.3 Å². The summed E-state index contributed by atoms with van der Waals surface area (Å²) in [6, 6.07) is 17.3. The first-order valence-corrected chi connectivity index (χ1v) is 5.84. The molecule has 2 heteroatoms. The molecule has 0 aliphatic heterocycles. The first-order valence-electron chi connectivity index (χ1n) is 5.84. The Bertz CT molecular complexity index is 448. The van der Waals surface area contributed by atoms with E-state index in [-0.39, 0.29) is 0 Å². The van der Waals surface area contributed by atoms with Gasteiger partial charge in [0.1, 0.15) is 0 Å². The van der Waals surface area contributed by atoms with Crippen molar-refractivity contribution in [2.75, 3.05) is 6.61 Å². The molecule has 2 nitrogen and oxygen atoms in total. The lowest BCUT2D eigenvalue weighted by Crippen LogP contribution is -1.94. The standard InChI is InChI=1S/C13H10.C2H7NO/c1-3-7-12-10(5-1)9-11-6-2-4-8-13(11)12;1-2-4-3/h1-8H,9H2;2-3H2,1H3. The normalized spacial score (nSPS) is 11.2. The maximum absolute atomic E-state index is 4.53. The van der Waals surface area contributed by atoms with Crippen molar-refractivity contribution in [3.63, 3.8) is 0 Å². The van der Waals surface area contributed by atoms with Crippen molar-refractivity contribution in [1.29, 1.82) is 0 Å². The van der Waals surface area contributed by atoms with E-state index in [0.717, 1.165) is 6.42 Å². The number of rotatable bonds is 1. The molecule has 2 aromatic rings. The van der Waals surface area contributed by atoms with E-state index in [9.17, 15) is 0 Å². The van der Waals surface area contributed by atoms with Crippen molar-refractivity contribution in [3.8, 4) is 11.1 Å². The van der Waals surface area contributed by atoms with Gasteiger partial charge in [-0.25, -0.2) is 5.90 Å². The number of hydrogen-bond acceptors (Lipinski definition) is 2. The van der Waals surface area contributed by atoms with Crippen molar-refractivity contribution in [2.45, 2.75) is 13.3 Å². The van der Waals surface area contributed by atoms with Gasteiger partial charge in [0.05, 0.1) is 6.61 Å². The summed E-state index contributed by atoms with van der Waals surface area (Å²) in [6.07, 6.45) is 1.10. The van der Waals surface area contributed by atoms with Gasteiger partial charge in [0.25, 0.3) is 0 Å². The van der Waals surface area contributed by atoms with E-state index in [0.29, 0.717) is 6.61 Å². The number of hydrogen-bond donors (Lipinski definition) is 1. The van der Waals surface area contributed by atoms with E-state index in [1.54, 1.807) is 0 Å². The number of fused-ring (bicyclic) bond motifs is 3. The largest absolute Gasteiger partial charge is 0.305 e. The summed E-state index contributed by atoms with van der Waals surface area (Å²) in [5, 5.41) is 0. The molecule has 1 aliphatic carbocycles. The van der Waals surface area contributed by atoms with Crippen molar-refractivity contribution in [3.05, 3.63) is 59.7 Å². The van der Waals surface area contributed by atoms with Gasteiger partial charge < -0.3 is 4.84 Å². The zero-order valence-corrected chi connectivity index (χ0v) is 10.0. The second-order valence-electron chi connectivity index (χ2n) is 3.95. The van der Waals surface area contributed by atoms with Crippen LogP contribution in [0.25, 0.3) is 11.1 Å². The summed E-state index contributed by atoms with van der Waals surface area (Å²) >= 11 is 0. The first-order chi connectivity index (χ1) is 8.36. The minimum Gasteiger partial charge on any atom is -0.305 e. The second-order valence-corrected chi connectivity index (χ2v) is 3.95. The van der Waals surface area contributed by atoms with E-state index >= 15 is 0 Å². The predicted molar refractivity (Wildman–Crippen MR) is 70.5 cm³/mol. The molecule has 2 aromatic carbocycles. The monoisotopic (exact) mass is 227 g/mol. The van der Waals surface area contributed by atoms with E-state index in [1.807, 2.05) is 6.92 Å². The molecule has 0 amide bonds. The highest BCUT2D eigenvalue weighted by molar-refractivity contribution is 5.76. The van der Waals surface area contributed by atoms with Crippen molar-refractivity contribution in [1.82, 2.24) is 0 Å². The van der Waals surface area contributed by atoms with Gasteiger partial charge >= 0.3 is 0 Å². The lowest BCUT2D eigenvalue weighted by atomic mass is 10.1. The van der Waals surface area contributed by atoms with Crippen LogP contribution in [0.2, 0.25) is 0 Å². The van der Waals surface area contributed by atoms with Gasteiger partial charge in [-0.1, -0.05) is 48.5 Å². The van der Waals surface area contributed by atoms with Gasteiger partial charge in [-0.2, -0.15) is 0 Å². The average Bonchev–Trinajstić information content (AvgIpc) is 2.77. The molecule has 0 saturated carbocycles. The van der Waals surface area contributed by atoms with Crippen LogP contribution < -0.4 is 5.90 Å². The van der Waals surface area contributed by atoms with E-state index in [4.69, 9.17) is 0 Å². The van der Waals surface area contributed by atoms with Gasteiger partial charge in [0, 0.05) is 0 Å². The molecule has 2 N–H and O–H groups in total. The molecule has 0 spiro atoms. The predicted octanol–water partition coefficient (Wildman–Crippen LogP) is 3.15. The minimum absolute atomic E-state index is 0.597. The van der Waals surface area contributed by atoms with Gasteiger partial charge in [0.2, 0.25) is 0 Å². The molecular weight excluding hydrogens is 210 g/mol. The fraction of sp³-hybridized carbons (Fsp3) is 0.200. The molecule has 0 bridgehead atoms. The Morgan fingerprint density at radius 1 is 0.941 bits per heavy atom. The van der Waals surface area contributed by atoms with Crippen LogP contribution in [0.4, 0.5) is 0 Å². The van der Waals surface area contributed by atoms with Crippen LogP contribution in [0.15, 0.2) is 48.5 Å². The van der Waals surface area contributed by atoms with Crippen LogP contribution in [-0.2, 0) is 11.3 Å². The summed E-state index contributed by atoms with van der Waals surface area (Å²) in [4.78, 5) is 4.04. The SMILES string of the molecule is CCON.c1ccc2c(c1)Cc1ccccc1-2. The zero-order valence-electron chi connectivity index (χ0n) is 10.0. The Balaban J connectivity index is 0.000000239. The second kappa shape index (κ2) is 5.62. The Kier molecular flexibility index (Phi) is 3.91. The molecule has 3 rings (SSSR count). The van der Waals surface area contributed by atoms with Crippen LogP contribution in [0.3, 0.4) is 0 Å². The maximum atomic E-state index is 4.53. The maximum Gasteiger partial charge on any atom is 0.0651 e. The summed E-state index contributed by atoms with van der Waals surface area (Å²) in [5.41, 5.74) is 5.75. The molecule has 17 heavy (non-hydrogen) atoms. The Morgan fingerprint density at radius 2 is 1.35 bits per heavy atom. The molecule has 0 atom stereocenters.